The molecule has 0 aliphatic rings. The number of aryl methyl sites for hydroxylation is 2. The number of rotatable bonds is 5. The predicted molar refractivity (Wildman–Crippen MR) is 82.9 cm³/mol. The normalized spacial score (nSPS) is 11.6. The number of aromatic nitrogens is 2. The van der Waals surface area contributed by atoms with Gasteiger partial charge in [-0.05, 0) is 25.1 Å². The van der Waals surface area contributed by atoms with Crippen LogP contribution in [0.1, 0.15) is 12.6 Å². The van der Waals surface area contributed by atoms with E-state index in [4.69, 9.17) is 5.73 Å². The van der Waals surface area contributed by atoms with Gasteiger partial charge in [-0.2, -0.15) is 5.10 Å². The number of nitrogens with two attached hydrogens (primary N) is 1. The van der Waals surface area contributed by atoms with E-state index in [2.05, 4.69) is 15.1 Å². The summed E-state index contributed by atoms with van der Waals surface area (Å²) in [6, 6.07) is 4.56. The summed E-state index contributed by atoms with van der Waals surface area (Å²) in [5.41, 5.74) is 8.49. The molecule has 0 aliphatic heterocycles. The first kappa shape index (κ1) is 15.3. The van der Waals surface area contributed by atoms with Gasteiger partial charge in [-0.3, -0.25) is 4.68 Å². The van der Waals surface area contributed by atoms with Gasteiger partial charge in [0.05, 0.1) is 27.7 Å². The molecule has 8 heteroatoms. The summed E-state index contributed by atoms with van der Waals surface area (Å²) in [5.74, 6) is 0. The fraction of sp³-hybridized carbons (Fsp3) is 0.308. The molecule has 0 amide bonds. The van der Waals surface area contributed by atoms with Gasteiger partial charge in [0.25, 0.3) is 0 Å². The third-order valence-electron chi connectivity index (χ3n) is 2.95. The fourth-order valence-corrected chi connectivity index (χ4v) is 3.02. The molecule has 0 saturated carbocycles. The minimum absolute atomic E-state index is 0.169. The molecule has 0 spiro atoms. The van der Waals surface area contributed by atoms with Gasteiger partial charge >= 0.3 is 0 Å². The summed E-state index contributed by atoms with van der Waals surface area (Å²) in [4.78, 5) is 0.169. The van der Waals surface area contributed by atoms with E-state index in [1.165, 1.54) is 12.1 Å². The van der Waals surface area contributed by atoms with E-state index in [-0.39, 0.29) is 4.90 Å². The summed E-state index contributed by atoms with van der Waals surface area (Å²) in [6.07, 6.45) is 1.81. The van der Waals surface area contributed by atoms with Gasteiger partial charge < -0.3 is 11.1 Å². The minimum Gasteiger partial charge on any atom is -0.397 e. The highest BCUT2D eigenvalue weighted by Gasteiger charge is 2.15. The Kier molecular flexibility index (Phi) is 4.19. The summed E-state index contributed by atoms with van der Waals surface area (Å²) in [6.45, 7) is 3.92. The summed E-state index contributed by atoms with van der Waals surface area (Å²) in [5, 5.41) is 7.34. The maximum atomic E-state index is 12.0. The highest BCUT2D eigenvalue weighted by molar-refractivity contribution is 7.89. The van der Waals surface area contributed by atoms with Crippen LogP contribution in [0, 0.1) is 6.92 Å². The largest absolute Gasteiger partial charge is 0.397 e. The molecule has 0 saturated heterocycles. The molecule has 0 aliphatic carbocycles. The Labute approximate surface area is 124 Å². The molecule has 1 aromatic carbocycles. The van der Waals surface area contributed by atoms with E-state index in [1.807, 2.05) is 14.0 Å². The lowest BCUT2D eigenvalue weighted by atomic mass is 10.2. The lowest BCUT2D eigenvalue weighted by Crippen LogP contribution is -2.23. The summed E-state index contributed by atoms with van der Waals surface area (Å²) < 4.78 is 28.2. The average molecular weight is 309 g/mol. The second-order valence-corrected chi connectivity index (χ2v) is 6.44. The van der Waals surface area contributed by atoms with Crippen LogP contribution in [0.25, 0.3) is 0 Å². The lowest BCUT2D eigenvalue weighted by molar-refractivity contribution is 0.584. The number of hydrogen-bond donors (Lipinski definition) is 3. The van der Waals surface area contributed by atoms with E-state index >= 15 is 0 Å². The van der Waals surface area contributed by atoms with Crippen molar-refractivity contribution in [1.29, 1.82) is 0 Å². The molecule has 4 N–H and O–H groups in total. The summed E-state index contributed by atoms with van der Waals surface area (Å²) >= 11 is 0. The lowest BCUT2D eigenvalue weighted by Gasteiger charge is -2.11. The molecule has 0 radical (unpaired) electrons. The highest BCUT2D eigenvalue weighted by atomic mass is 32.2. The monoisotopic (exact) mass is 309 g/mol. The van der Waals surface area contributed by atoms with Gasteiger partial charge in [0, 0.05) is 19.8 Å². The first-order chi connectivity index (χ1) is 9.83. The van der Waals surface area contributed by atoms with Crippen LogP contribution in [-0.4, -0.2) is 24.7 Å². The van der Waals surface area contributed by atoms with Crippen LogP contribution >= 0.6 is 0 Å². The SMILES string of the molecule is CCNS(=O)(=O)c1ccc(N)c(Nc2cn(C)nc2C)c1. The Bertz CT molecular complexity index is 752. The standard InChI is InChI=1S/C13H19N5O2S/c1-4-15-21(19,20)10-5-6-11(14)12(7-10)16-13-8-18(3)17-9(13)2/h5-8,15-16H,4,14H2,1-3H3. The molecule has 0 fully saturated rings. The Morgan fingerprint density at radius 2 is 2.05 bits per heavy atom. The van der Waals surface area contributed by atoms with Crippen LogP contribution in [0.3, 0.4) is 0 Å². The zero-order valence-electron chi connectivity index (χ0n) is 12.2. The van der Waals surface area contributed by atoms with Crippen molar-refractivity contribution in [3.63, 3.8) is 0 Å². The quantitative estimate of drug-likeness (QED) is 0.724. The van der Waals surface area contributed by atoms with Crippen LogP contribution in [-0.2, 0) is 17.1 Å². The number of nitrogen functional groups attached to an aromatic ring is 1. The molecule has 7 nitrogen and oxygen atoms in total. The van der Waals surface area contributed by atoms with Crippen molar-refractivity contribution in [2.75, 3.05) is 17.6 Å². The number of sulfonamides is 1. The highest BCUT2D eigenvalue weighted by Crippen LogP contribution is 2.27. The topological polar surface area (TPSA) is 102 Å². The van der Waals surface area contributed by atoms with Crippen LogP contribution in [0.5, 0.6) is 0 Å². The molecule has 114 valence electrons. The van der Waals surface area contributed by atoms with Crippen molar-refractivity contribution in [3.05, 3.63) is 30.1 Å². The molecule has 21 heavy (non-hydrogen) atoms. The number of nitrogens with one attached hydrogen (secondary N) is 2. The smallest absolute Gasteiger partial charge is 0.240 e. The van der Waals surface area contributed by atoms with Crippen LogP contribution < -0.4 is 15.8 Å². The maximum Gasteiger partial charge on any atom is 0.240 e. The third kappa shape index (κ3) is 3.34. The van der Waals surface area contributed by atoms with E-state index < -0.39 is 10.0 Å². The molecule has 0 unspecified atom stereocenters. The molecular formula is C13H19N5O2S. The first-order valence-corrected chi connectivity index (χ1v) is 7.98. The van der Waals surface area contributed by atoms with Gasteiger partial charge in [0.1, 0.15) is 0 Å². The average Bonchev–Trinajstić information content (AvgIpc) is 2.70. The van der Waals surface area contributed by atoms with Crippen LogP contribution in [0.15, 0.2) is 29.3 Å². The van der Waals surface area contributed by atoms with Crippen molar-refractivity contribution < 1.29 is 8.42 Å². The van der Waals surface area contributed by atoms with Crippen molar-refractivity contribution in [2.45, 2.75) is 18.7 Å². The second kappa shape index (κ2) is 5.74. The number of nitrogens with zero attached hydrogens (tertiary/aromatic N) is 2. The fourth-order valence-electron chi connectivity index (χ4n) is 1.95. The van der Waals surface area contributed by atoms with Crippen molar-refractivity contribution in [3.8, 4) is 0 Å². The third-order valence-corrected chi connectivity index (χ3v) is 4.50. The molecule has 0 bridgehead atoms. The van der Waals surface area contributed by atoms with Gasteiger partial charge in [-0.15, -0.1) is 0 Å². The second-order valence-electron chi connectivity index (χ2n) is 4.68. The summed E-state index contributed by atoms with van der Waals surface area (Å²) in [7, 11) is -1.70. The van der Waals surface area contributed by atoms with E-state index in [9.17, 15) is 8.42 Å². The van der Waals surface area contributed by atoms with Gasteiger partial charge in [-0.1, -0.05) is 6.92 Å². The molecule has 2 aromatic rings. The zero-order chi connectivity index (χ0) is 15.6. The van der Waals surface area contributed by atoms with Gasteiger partial charge in [-0.25, -0.2) is 13.1 Å². The van der Waals surface area contributed by atoms with Gasteiger partial charge in [0.2, 0.25) is 10.0 Å². The van der Waals surface area contributed by atoms with Gasteiger partial charge in [0.15, 0.2) is 0 Å². The van der Waals surface area contributed by atoms with Crippen LogP contribution in [0.2, 0.25) is 0 Å². The molecular weight excluding hydrogens is 290 g/mol. The molecule has 0 atom stereocenters. The molecule has 2 rings (SSSR count). The predicted octanol–water partition coefficient (Wildman–Crippen LogP) is 1.35. The molecule has 1 aromatic heterocycles. The van der Waals surface area contributed by atoms with E-state index in [0.717, 1.165) is 11.4 Å². The Hall–Kier alpha value is -2.06. The zero-order valence-corrected chi connectivity index (χ0v) is 13.0. The maximum absolute atomic E-state index is 12.0. The van der Waals surface area contributed by atoms with Crippen LogP contribution in [0.4, 0.5) is 17.1 Å². The Morgan fingerprint density at radius 1 is 1.33 bits per heavy atom. The Balaban J connectivity index is 2.38. The first-order valence-electron chi connectivity index (χ1n) is 6.50. The Morgan fingerprint density at radius 3 is 2.62 bits per heavy atom. The van der Waals surface area contributed by atoms with Crippen molar-refractivity contribution in [2.24, 2.45) is 7.05 Å². The number of hydrogen-bond acceptors (Lipinski definition) is 5. The van der Waals surface area contributed by atoms with E-state index in [1.54, 1.807) is 23.9 Å². The van der Waals surface area contributed by atoms with Crippen molar-refractivity contribution in [1.82, 2.24) is 14.5 Å². The number of anilines is 3. The number of benzene rings is 1. The van der Waals surface area contributed by atoms with E-state index in [0.29, 0.717) is 17.9 Å². The molecule has 1 heterocycles. The minimum atomic E-state index is -3.51. The van der Waals surface area contributed by atoms with Crippen molar-refractivity contribution >= 4 is 27.1 Å².